The SMILES string of the molecule is CSC(C)CCNC(=O)c1ccnc(Cl)c1. The molecule has 1 heterocycles. The maximum absolute atomic E-state index is 11.7. The van der Waals surface area contributed by atoms with Crippen molar-refractivity contribution in [2.24, 2.45) is 0 Å². The van der Waals surface area contributed by atoms with Gasteiger partial charge in [0.1, 0.15) is 5.15 Å². The highest BCUT2D eigenvalue weighted by molar-refractivity contribution is 7.99. The van der Waals surface area contributed by atoms with E-state index in [0.717, 1.165) is 6.42 Å². The van der Waals surface area contributed by atoms with Crippen molar-refractivity contribution >= 4 is 29.3 Å². The van der Waals surface area contributed by atoms with Crippen LogP contribution in [0.25, 0.3) is 0 Å². The van der Waals surface area contributed by atoms with Gasteiger partial charge < -0.3 is 5.32 Å². The third kappa shape index (κ3) is 4.41. The molecule has 0 aliphatic rings. The van der Waals surface area contributed by atoms with E-state index in [1.807, 2.05) is 0 Å². The molecule has 0 aromatic carbocycles. The van der Waals surface area contributed by atoms with Crippen molar-refractivity contribution in [1.29, 1.82) is 0 Å². The number of nitrogens with zero attached hydrogens (tertiary/aromatic N) is 1. The zero-order valence-electron chi connectivity index (χ0n) is 9.37. The summed E-state index contributed by atoms with van der Waals surface area (Å²) < 4.78 is 0. The minimum absolute atomic E-state index is 0.0994. The molecule has 1 aromatic rings. The first-order valence-corrected chi connectivity index (χ1v) is 6.72. The first-order valence-electron chi connectivity index (χ1n) is 5.06. The monoisotopic (exact) mass is 258 g/mol. The number of hydrogen-bond donors (Lipinski definition) is 1. The standard InChI is InChI=1S/C11H15ClN2OS/c1-8(16-2)3-5-14-11(15)9-4-6-13-10(12)7-9/h4,6-8H,3,5H2,1-2H3,(H,14,15). The van der Waals surface area contributed by atoms with E-state index < -0.39 is 0 Å². The number of halogens is 1. The quantitative estimate of drug-likeness (QED) is 0.826. The fraction of sp³-hybridized carbons (Fsp3) is 0.455. The van der Waals surface area contributed by atoms with E-state index in [1.165, 1.54) is 6.20 Å². The van der Waals surface area contributed by atoms with Crippen molar-refractivity contribution in [2.75, 3.05) is 12.8 Å². The van der Waals surface area contributed by atoms with Crippen molar-refractivity contribution in [1.82, 2.24) is 10.3 Å². The van der Waals surface area contributed by atoms with Crippen LogP contribution < -0.4 is 5.32 Å². The molecule has 16 heavy (non-hydrogen) atoms. The third-order valence-corrected chi connectivity index (χ3v) is 3.47. The van der Waals surface area contributed by atoms with Gasteiger partial charge in [0.15, 0.2) is 0 Å². The number of aromatic nitrogens is 1. The lowest BCUT2D eigenvalue weighted by molar-refractivity contribution is 0.0953. The molecule has 0 saturated heterocycles. The highest BCUT2D eigenvalue weighted by atomic mass is 35.5. The summed E-state index contributed by atoms with van der Waals surface area (Å²) in [5.41, 5.74) is 0.553. The maximum Gasteiger partial charge on any atom is 0.251 e. The fourth-order valence-corrected chi connectivity index (χ4v) is 1.68. The van der Waals surface area contributed by atoms with E-state index in [2.05, 4.69) is 23.5 Å². The second-order valence-electron chi connectivity index (χ2n) is 3.46. The van der Waals surface area contributed by atoms with Crippen molar-refractivity contribution < 1.29 is 4.79 Å². The van der Waals surface area contributed by atoms with Gasteiger partial charge in [-0.3, -0.25) is 4.79 Å². The van der Waals surface area contributed by atoms with Crippen LogP contribution in [-0.2, 0) is 0 Å². The molecule has 0 aliphatic carbocycles. The molecule has 1 N–H and O–H groups in total. The smallest absolute Gasteiger partial charge is 0.251 e. The van der Waals surface area contributed by atoms with Crippen molar-refractivity contribution in [3.63, 3.8) is 0 Å². The van der Waals surface area contributed by atoms with Gasteiger partial charge in [0.2, 0.25) is 0 Å². The molecular formula is C11H15ClN2OS. The Labute approximate surface area is 105 Å². The average Bonchev–Trinajstić information content (AvgIpc) is 2.28. The molecule has 1 atom stereocenters. The average molecular weight is 259 g/mol. The van der Waals surface area contributed by atoms with Crippen LogP contribution in [0.4, 0.5) is 0 Å². The highest BCUT2D eigenvalue weighted by Crippen LogP contribution is 2.09. The summed E-state index contributed by atoms with van der Waals surface area (Å²) in [6, 6.07) is 3.22. The number of carbonyl (C=O) groups is 1. The van der Waals surface area contributed by atoms with Crippen molar-refractivity contribution in [3.8, 4) is 0 Å². The summed E-state index contributed by atoms with van der Waals surface area (Å²) in [5, 5.41) is 3.75. The Hall–Kier alpha value is -0.740. The fourth-order valence-electron chi connectivity index (χ4n) is 1.15. The predicted molar refractivity (Wildman–Crippen MR) is 69.2 cm³/mol. The topological polar surface area (TPSA) is 42.0 Å². The molecular weight excluding hydrogens is 244 g/mol. The Kier molecular flexibility index (Phi) is 5.63. The van der Waals surface area contributed by atoms with E-state index in [4.69, 9.17) is 11.6 Å². The third-order valence-electron chi connectivity index (χ3n) is 2.23. The van der Waals surface area contributed by atoms with Gasteiger partial charge in [-0.05, 0) is 24.8 Å². The van der Waals surface area contributed by atoms with Gasteiger partial charge in [0.25, 0.3) is 5.91 Å². The molecule has 0 radical (unpaired) electrons. The van der Waals surface area contributed by atoms with Crippen molar-refractivity contribution in [2.45, 2.75) is 18.6 Å². The van der Waals surface area contributed by atoms with Gasteiger partial charge in [-0.1, -0.05) is 18.5 Å². The van der Waals surface area contributed by atoms with Crippen LogP contribution in [0, 0.1) is 0 Å². The van der Waals surface area contributed by atoms with Crippen molar-refractivity contribution in [3.05, 3.63) is 29.0 Å². The molecule has 1 rings (SSSR count). The van der Waals surface area contributed by atoms with Crippen LogP contribution >= 0.6 is 23.4 Å². The summed E-state index contributed by atoms with van der Waals surface area (Å²) in [4.78, 5) is 15.5. The van der Waals surface area contributed by atoms with E-state index in [9.17, 15) is 4.79 Å². The molecule has 0 bridgehead atoms. The maximum atomic E-state index is 11.7. The molecule has 0 aliphatic heterocycles. The summed E-state index contributed by atoms with van der Waals surface area (Å²) >= 11 is 7.49. The van der Waals surface area contributed by atoms with Crippen LogP contribution in [0.1, 0.15) is 23.7 Å². The normalized spacial score (nSPS) is 12.2. The number of rotatable bonds is 5. The first-order chi connectivity index (χ1) is 7.63. The second kappa shape index (κ2) is 6.76. The first kappa shape index (κ1) is 13.3. The van der Waals surface area contributed by atoms with Gasteiger partial charge in [0.05, 0.1) is 0 Å². The predicted octanol–water partition coefficient (Wildman–Crippen LogP) is 2.61. The molecule has 0 spiro atoms. The Morgan fingerprint density at radius 1 is 1.69 bits per heavy atom. The number of amides is 1. The largest absolute Gasteiger partial charge is 0.352 e. The highest BCUT2D eigenvalue weighted by Gasteiger charge is 2.06. The number of carbonyl (C=O) groups excluding carboxylic acids is 1. The van der Waals surface area contributed by atoms with Gasteiger partial charge in [-0.25, -0.2) is 4.98 Å². The van der Waals surface area contributed by atoms with Gasteiger partial charge in [0, 0.05) is 23.6 Å². The number of nitrogens with one attached hydrogen (secondary N) is 1. The van der Waals surface area contributed by atoms with Crippen LogP contribution in [-0.4, -0.2) is 28.9 Å². The number of thioether (sulfide) groups is 1. The molecule has 1 unspecified atom stereocenters. The van der Waals surface area contributed by atoms with Crippen LogP contribution in [0.5, 0.6) is 0 Å². The molecule has 0 fully saturated rings. The second-order valence-corrected chi connectivity index (χ2v) is 5.12. The van der Waals surface area contributed by atoms with E-state index in [-0.39, 0.29) is 5.91 Å². The summed E-state index contributed by atoms with van der Waals surface area (Å²) in [7, 11) is 0. The molecule has 5 heteroatoms. The Morgan fingerprint density at radius 3 is 3.06 bits per heavy atom. The Bertz CT molecular complexity index is 360. The Balaban J connectivity index is 2.41. The zero-order valence-corrected chi connectivity index (χ0v) is 10.9. The lowest BCUT2D eigenvalue weighted by Crippen LogP contribution is -2.26. The molecule has 1 aromatic heterocycles. The number of pyridine rings is 1. The van der Waals surface area contributed by atoms with E-state index in [0.29, 0.717) is 22.5 Å². The van der Waals surface area contributed by atoms with Gasteiger partial charge in [-0.15, -0.1) is 0 Å². The lowest BCUT2D eigenvalue weighted by atomic mass is 10.2. The Morgan fingerprint density at radius 2 is 2.44 bits per heavy atom. The lowest BCUT2D eigenvalue weighted by Gasteiger charge is -2.09. The molecule has 88 valence electrons. The van der Waals surface area contributed by atoms with E-state index >= 15 is 0 Å². The molecule has 1 amide bonds. The van der Waals surface area contributed by atoms with Crippen LogP contribution in [0.2, 0.25) is 5.15 Å². The molecule has 0 saturated carbocycles. The minimum atomic E-state index is -0.0994. The summed E-state index contributed by atoms with van der Waals surface area (Å²) in [6.45, 7) is 2.82. The van der Waals surface area contributed by atoms with Gasteiger partial charge >= 0.3 is 0 Å². The summed E-state index contributed by atoms with van der Waals surface area (Å²) in [5.74, 6) is -0.0994. The summed E-state index contributed by atoms with van der Waals surface area (Å²) in [6.07, 6.45) is 4.56. The van der Waals surface area contributed by atoms with Crippen LogP contribution in [0.3, 0.4) is 0 Å². The molecule has 3 nitrogen and oxygen atoms in total. The van der Waals surface area contributed by atoms with Crippen LogP contribution in [0.15, 0.2) is 18.3 Å². The van der Waals surface area contributed by atoms with E-state index in [1.54, 1.807) is 23.9 Å². The zero-order chi connectivity index (χ0) is 12.0. The number of hydrogen-bond acceptors (Lipinski definition) is 3. The minimum Gasteiger partial charge on any atom is -0.352 e. The van der Waals surface area contributed by atoms with Gasteiger partial charge in [-0.2, -0.15) is 11.8 Å².